The maximum Gasteiger partial charge on any atom is 0.0897 e. The van der Waals surface area contributed by atoms with Gasteiger partial charge in [0.2, 0.25) is 0 Å². The van der Waals surface area contributed by atoms with E-state index in [1.165, 1.54) is 19.3 Å². The lowest BCUT2D eigenvalue weighted by molar-refractivity contribution is -0.0169. The van der Waals surface area contributed by atoms with E-state index in [-0.39, 0.29) is 0 Å². The lowest BCUT2D eigenvalue weighted by Crippen LogP contribution is -2.46. The van der Waals surface area contributed by atoms with Gasteiger partial charge >= 0.3 is 0 Å². The zero-order valence-corrected chi connectivity index (χ0v) is 12.1. The van der Waals surface area contributed by atoms with E-state index in [4.69, 9.17) is 4.74 Å². The molecule has 0 aliphatic heterocycles. The number of hydrogen-bond acceptors (Lipinski definition) is 4. The highest BCUT2D eigenvalue weighted by Gasteiger charge is 2.32. The molecule has 3 N–H and O–H groups in total. The van der Waals surface area contributed by atoms with Crippen molar-refractivity contribution in [3.63, 3.8) is 0 Å². The number of aliphatic hydroxyl groups excluding tert-OH is 1. The number of nitrogens with one attached hydrogen (secondary N) is 1. The van der Waals surface area contributed by atoms with Crippen LogP contribution in [0.1, 0.15) is 45.4 Å². The Labute approximate surface area is 116 Å². The first-order valence-electron chi connectivity index (χ1n) is 7.76. The molecule has 19 heavy (non-hydrogen) atoms. The first kappa shape index (κ1) is 15.2. The summed E-state index contributed by atoms with van der Waals surface area (Å²) in [4.78, 5) is 0. The molecule has 4 heteroatoms. The summed E-state index contributed by atoms with van der Waals surface area (Å²) >= 11 is 0. The molecule has 0 amide bonds. The van der Waals surface area contributed by atoms with Crippen LogP contribution in [0.25, 0.3) is 0 Å². The first-order chi connectivity index (χ1) is 9.07. The molecule has 2 aliphatic rings. The molecule has 2 fully saturated rings. The molecule has 3 atom stereocenters. The maximum absolute atomic E-state index is 10.4. The molecule has 0 bridgehead atoms. The third-order valence-electron chi connectivity index (χ3n) is 4.26. The molecule has 4 nitrogen and oxygen atoms in total. The molecule has 0 radical (unpaired) electrons. The third-order valence-corrected chi connectivity index (χ3v) is 4.26. The van der Waals surface area contributed by atoms with Gasteiger partial charge in [0.25, 0.3) is 0 Å². The highest BCUT2D eigenvalue weighted by molar-refractivity contribution is 4.87. The zero-order valence-electron chi connectivity index (χ0n) is 12.1. The normalized spacial score (nSPS) is 33.3. The third kappa shape index (κ3) is 5.78. The summed E-state index contributed by atoms with van der Waals surface area (Å²) < 4.78 is 5.45. The Bertz CT molecular complexity index is 270. The van der Waals surface area contributed by atoms with E-state index in [1.54, 1.807) is 0 Å². The van der Waals surface area contributed by atoms with E-state index in [9.17, 15) is 10.2 Å². The minimum atomic E-state index is -0.577. The van der Waals surface area contributed by atoms with Gasteiger partial charge in [0.15, 0.2) is 0 Å². The average molecular weight is 271 g/mol. The highest BCUT2D eigenvalue weighted by atomic mass is 16.5. The molecule has 0 spiro atoms. The van der Waals surface area contributed by atoms with Crippen molar-refractivity contribution in [1.29, 1.82) is 0 Å². The van der Waals surface area contributed by atoms with Crippen molar-refractivity contribution in [3.05, 3.63) is 0 Å². The van der Waals surface area contributed by atoms with Crippen molar-refractivity contribution in [2.24, 2.45) is 11.8 Å². The number of aliphatic hydroxyl groups is 2. The van der Waals surface area contributed by atoms with E-state index in [1.807, 2.05) is 0 Å². The molecule has 0 aromatic heterocycles. The van der Waals surface area contributed by atoms with E-state index in [2.05, 4.69) is 12.2 Å². The number of rotatable bonds is 8. The molecule has 112 valence electrons. The Kier molecular flexibility index (Phi) is 5.63. The molecular formula is C15H29NO3. The molecule has 2 aliphatic carbocycles. The van der Waals surface area contributed by atoms with E-state index < -0.39 is 11.7 Å². The standard InChI is InChI=1S/C15H29NO3/c1-12-3-2-6-15(18,7-12)11-16-8-14(17)10-19-9-13-4-5-13/h12-14,16-18H,2-11H2,1H3. The van der Waals surface area contributed by atoms with Crippen molar-refractivity contribution in [2.75, 3.05) is 26.3 Å². The second kappa shape index (κ2) is 7.02. The van der Waals surface area contributed by atoms with Crippen LogP contribution in [0.5, 0.6) is 0 Å². The van der Waals surface area contributed by atoms with Gasteiger partial charge in [-0.3, -0.25) is 0 Å². The molecule has 0 aromatic carbocycles. The van der Waals surface area contributed by atoms with Gasteiger partial charge in [-0.2, -0.15) is 0 Å². The molecule has 0 aromatic rings. The van der Waals surface area contributed by atoms with E-state index in [0.29, 0.717) is 25.6 Å². The van der Waals surface area contributed by atoms with Gasteiger partial charge < -0.3 is 20.3 Å². The average Bonchev–Trinajstić information content (AvgIpc) is 3.12. The molecule has 0 heterocycles. The van der Waals surface area contributed by atoms with Crippen LogP contribution in [0, 0.1) is 11.8 Å². The fraction of sp³-hybridized carbons (Fsp3) is 1.00. The quantitative estimate of drug-likeness (QED) is 0.623. The Morgan fingerprint density at radius 3 is 2.84 bits per heavy atom. The molecule has 0 saturated heterocycles. The fourth-order valence-corrected chi connectivity index (χ4v) is 2.98. The summed E-state index contributed by atoms with van der Waals surface area (Å²) in [7, 11) is 0. The second-order valence-electron chi connectivity index (χ2n) is 6.69. The summed E-state index contributed by atoms with van der Waals surface area (Å²) in [6.07, 6.45) is 6.15. The Hall–Kier alpha value is -0.160. The van der Waals surface area contributed by atoms with Crippen LogP contribution < -0.4 is 5.32 Å². The van der Waals surface area contributed by atoms with Gasteiger partial charge in [0.05, 0.1) is 18.3 Å². The minimum absolute atomic E-state index is 0.401. The largest absolute Gasteiger partial charge is 0.389 e. The maximum atomic E-state index is 10.4. The Morgan fingerprint density at radius 2 is 2.16 bits per heavy atom. The number of hydrogen-bond donors (Lipinski definition) is 3. The first-order valence-corrected chi connectivity index (χ1v) is 7.76. The van der Waals surface area contributed by atoms with Crippen LogP contribution in [0.4, 0.5) is 0 Å². The highest BCUT2D eigenvalue weighted by Crippen LogP contribution is 2.31. The topological polar surface area (TPSA) is 61.7 Å². The van der Waals surface area contributed by atoms with Crippen LogP contribution in [-0.2, 0) is 4.74 Å². The van der Waals surface area contributed by atoms with Gasteiger partial charge in [0, 0.05) is 19.7 Å². The summed E-state index contributed by atoms with van der Waals surface area (Å²) in [6, 6.07) is 0. The van der Waals surface area contributed by atoms with Crippen LogP contribution in [0.2, 0.25) is 0 Å². The monoisotopic (exact) mass is 271 g/mol. The molecule has 3 unspecified atom stereocenters. The summed E-state index contributed by atoms with van der Waals surface area (Å²) in [5, 5.41) is 23.4. The van der Waals surface area contributed by atoms with E-state index >= 15 is 0 Å². The summed E-state index contributed by atoms with van der Waals surface area (Å²) in [5.74, 6) is 1.34. The fourth-order valence-electron chi connectivity index (χ4n) is 2.98. The van der Waals surface area contributed by atoms with Gasteiger partial charge in [0.1, 0.15) is 0 Å². The van der Waals surface area contributed by atoms with Crippen LogP contribution in [-0.4, -0.2) is 48.2 Å². The lowest BCUT2D eigenvalue weighted by atomic mass is 9.79. The van der Waals surface area contributed by atoms with Crippen molar-refractivity contribution in [3.8, 4) is 0 Å². The molecule has 2 saturated carbocycles. The molecule has 2 rings (SSSR count). The van der Waals surface area contributed by atoms with Gasteiger partial charge in [-0.25, -0.2) is 0 Å². The SMILES string of the molecule is CC1CCCC(O)(CNCC(O)COCC2CC2)C1. The van der Waals surface area contributed by atoms with E-state index in [0.717, 1.165) is 31.8 Å². The van der Waals surface area contributed by atoms with Gasteiger partial charge in [-0.1, -0.05) is 19.8 Å². The molecular weight excluding hydrogens is 242 g/mol. The van der Waals surface area contributed by atoms with Gasteiger partial charge in [-0.15, -0.1) is 0 Å². The van der Waals surface area contributed by atoms with Crippen molar-refractivity contribution >= 4 is 0 Å². The predicted molar refractivity (Wildman–Crippen MR) is 75.0 cm³/mol. The lowest BCUT2D eigenvalue weighted by Gasteiger charge is -2.36. The van der Waals surface area contributed by atoms with Gasteiger partial charge in [-0.05, 0) is 37.5 Å². The van der Waals surface area contributed by atoms with Crippen molar-refractivity contribution in [2.45, 2.75) is 57.2 Å². The van der Waals surface area contributed by atoms with Crippen molar-refractivity contribution < 1.29 is 14.9 Å². The zero-order chi connectivity index (χ0) is 13.7. The van der Waals surface area contributed by atoms with Crippen LogP contribution >= 0.6 is 0 Å². The summed E-state index contributed by atoms with van der Waals surface area (Å²) in [5.41, 5.74) is -0.577. The Morgan fingerprint density at radius 1 is 1.37 bits per heavy atom. The minimum Gasteiger partial charge on any atom is -0.389 e. The smallest absolute Gasteiger partial charge is 0.0897 e. The number of ether oxygens (including phenoxy) is 1. The van der Waals surface area contributed by atoms with Crippen LogP contribution in [0.15, 0.2) is 0 Å². The Balaban J connectivity index is 1.54. The predicted octanol–water partition coefficient (Wildman–Crippen LogP) is 1.30. The second-order valence-corrected chi connectivity index (χ2v) is 6.69. The summed E-state index contributed by atoms with van der Waals surface area (Å²) in [6.45, 7) is 4.47. The van der Waals surface area contributed by atoms with Crippen molar-refractivity contribution in [1.82, 2.24) is 5.32 Å². The van der Waals surface area contributed by atoms with Crippen LogP contribution in [0.3, 0.4) is 0 Å².